The van der Waals surface area contributed by atoms with Crippen LogP contribution >= 0.6 is 11.8 Å². The van der Waals surface area contributed by atoms with Crippen molar-refractivity contribution in [3.8, 4) is 11.5 Å². The molecule has 2 aromatic carbocycles. The topological polar surface area (TPSA) is 72.8 Å². The van der Waals surface area contributed by atoms with Crippen LogP contribution in [-0.2, 0) is 16.1 Å². The van der Waals surface area contributed by atoms with Crippen LogP contribution in [0.2, 0.25) is 0 Å². The molecule has 1 aromatic heterocycles. The number of carbonyl (C=O) groups excluding carboxylic acids is 2. The van der Waals surface area contributed by atoms with Gasteiger partial charge in [-0.1, -0.05) is 18.2 Å². The molecule has 3 aromatic rings. The lowest BCUT2D eigenvalue weighted by molar-refractivity contribution is -0.130. The molecule has 168 valence electrons. The largest absolute Gasteiger partial charge is 0.493 e. The third-order valence-corrected chi connectivity index (χ3v) is 6.59. The Labute approximate surface area is 191 Å². The Morgan fingerprint density at radius 3 is 2.53 bits per heavy atom. The highest BCUT2D eigenvalue weighted by Crippen LogP contribution is 2.32. The summed E-state index contributed by atoms with van der Waals surface area (Å²) in [7, 11) is 3.13. The number of amides is 2. The Kier molecular flexibility index (Phi) is 6.90. The van der Waals surface area contributed by atoms with E-state index in [0.29, 0.717) is 23.7 Å². The fourth-order valence-corrected chi connectivity index (χ4v) is 4.81. The van der Waals surface area contributed by atoms with Crippen molar-refractivity contribution in [2.45, 2.75) is 24.3 Å². The maximum Gasteiger partial charge on any atom is 0.242 e. The Morgan fingerprint density at radius 2 is 1.78 bits per heavy atom. The average Bonchev–Trinajstić information content (AvgIpc) is 3.47. The Hall–Kier alpha value is -3.13. The van der Waals surface area contributed by atoms with Gasteiger partial charge in [0.05, 0.1) is 20.0 Å². The number of para-hydroxylation sites is 1. The zero-order chi connectivity index (χ0) is 22.5. The molecule has 1 N–H and O–H groups in total. The molecule has 0 unspecified atom stereocenters. The molecule has 0 aliphatic carbocycles. The Balaban J connectivity index is 1.44. The smallest absolute Gasteiger partial charge is 0.242 e. The summed E-state index contributed by atoms with van der Waals surface area (Å²) in [5, 5.41) is 3.95. The minimum atomic E-state index is -0.118. The van der Waals surface area contributed by atoms with Gasteiger partial charge in [-0.2, -0.15) is 0 Å². The number of ether oxygens (including phenoxy) is 2. The summed E-state index contributed by atoms with van der Waals surface area (Å²) in [5.41, 5.74) is 1.65. The van der Waals surface area contributed by atoms with Gasteiger partial charge in [-0.15, -0.1) is 11.8 Å². The molecule has 4 rings (SSSR count). The predicted molar refractivity (Wildman–Crippen MR) is 127 cm³/mol. The van der Waals surface area contributed by atoms with Crippen molar-refractivity contribution in [2.24, 2.45) is 0 Å². The first kappa shape index (κ1) is 22.1. The lowest BCUT2D eigenvalue weighted by Crippen LogP contribution is -2.30. The minimum absolute atomic E-state index is 0.118. The number of thioether (sulfide) groups is 1. The number of rotatable bonds is 8. The first-order chi connectivity index (χ1) is 15.6. The second kappa shape index (κ2) is 9.99. The normalized spacial score (nSPS) is 13.4. The van der Waals surface area contributed by atoms with Crippen LogP contribution in [0.5, 0.6) is 11.5 Å². The quantitative estimate of drug-likeness (QED) is 0.522. The van der Waals surface area contributed by atoms with E-state index >= 15 is 0 Å². The standard InChI is InChI=1S/C24H27N3O4S/c1-30-20-10-9-17(13-21(20)31-2)25-23(28)16-32-22-14-27(19-8-4-3-7-18(19)22)15-24(29)26-11-5-6-12-26/h3-4,7-10,13-14H,5-6,11-12,15-16H2,1-2H3,(H,25,28). The molecule has 0 spiro atoms. The van der Waals surface area contributed by atoms with E-state index in [2.05, 4.69) is 5.32 Å². The minimum Gasteiger partial charge on any atom is -0.493 e. The van der Waals surface area contributed by atoms with Crippen LogP contribution in [0.25, 0.3) is 10.9 Å². The van der Waals surface area contributed by atoms with Crippen LogP contribution in [0, 0.1) is 0 Å². The molecule has 1 saturated heterocycles. The fraction of sp³-hybridized carbons (Fsp3) is 0.333. The van der Waals surface area contributed by atoms with E-state index in [-0.39, 0.29) is 17.6 Å². The van der Waals surface area contributed by atoms with Gasteiger partial charge in [0.2, 0.25) is 11.8 Å². The van der Waals surface area contributed by atoms with Crippen molar-refractivity contribution in [3.63, 3.8) is 0 Å². The van der Waals surface area contributed by atoms with Gasteiger partial charge in [-0.3, -0.25) is 9.59 Å². The van der Waals surface area contributed by atoms with E-state index < -0.39 is 0 Å². The summed E-state index contributed by atoms with van der Waals surface area (Å²) in [6.45, 7) is 2.00. The van der Waals surface area contributed by atoms with Crippen LogP contribution in [0.4, 0.5) is 5.69 Å². The van der Waals surface area contributed by atoms with Crippen LogP contribution in [0.15, 0.2) is 53.6 Å². The SMILES string of the molecule is COc1ccc(NC(=O)CSc2cn(CC(=O)N3CCCC3)c3ccccc23)cc1OC. The first-order valence-corrected chi connectivity index (χ1v) is 11.6. The molecule has 0 bridgehead atoms. The highest BCUT2D eigenvalue weighted by molar-refractivity contribution is 8.00. The summed E-state index contributed by atoms with van der Waals surface area (Å²) in [4.78, 5) is 28.1. The third kappa shape index (κ3) is 4.85. The van der Waals surface area contributed by atoms with E-state index in [9.17, 15) is 9.59 Å². The number of anilines is 1. The summed E-state index contributed by atoms with van der Waals surface area (Å²) >= 11 is 1.46. The summed E-state index contributed by atoms with van der Waals surface area (Å²) in [5.74, 6) is 1.45. The number of nitrogens with zero attached hydrogens (tertiary/aromatic N) is 2. The van der Waals surface area contributed by atoms with E-state index in [1.807, 2.05) is 39.9 Å². The monoisotopic (exact) mass is 453 g/mol. The lowest BCUT2D eigenvalue weighted by atomic mass is 10.2. The number of aromatic nitrogens is 1. The molecule has 1 aliphatic heterocycles. The molecule has 1 fully saturated rings. The van der Waals surface area contributed by atoms with E-state index in [1.165, 1.54) is 11.8 Å². The predicted octanol–water partition coefficient (Wildman–Crippen LogP) is 4.01. The fourth-order valence-electron chi connectivity index (χ4n) is 3.93. The molecule has 1 aliphatic rings. The highest BCUT2D eigenvalue weighted by Gasteiger charge is 2.20. The van der Waals surface area contributed by atoms with E-state index in [0.717, 1.165) is 41.7 Å². The molecule has 2 heterocycles. The lowest BCUT2D eigenvalue weighted by Gasteiger charge is -2.15. The zero-order valence-electron chi connectivity index (χ0n) is 18.3. The number of carbonyl (C=O) groups is 2. The molecule has 32 heavy (non-hydrogen) atoms. The molecule has 7 nitrogen and oxygen atoms in total. The molecule has 0 radical (unpaired) electrons. The maximum absolute atomic E-state index is 12.6. The Morgan fingerprint density at radius 1 is 1.03 bits per heavy atom. The van der Waals surface area contributed by atoms with E-state index in [1.54, 1.807) is 32.4 Å². The van der Waals surface area contributed by atoms with Gasteiger partial charge >= 0.3 is 0 Å². The van der Waals surface area contributed by atoms with Crippen molar-refractivity contribution < 1.29 is 19.1 Å². The van der Waals surface area contributed by atoms with Crippen LogP contribution in [0.1, 0.15) is 12.8 Å². The van der Waals surface area contributed by atoms with Crippen molar-refractivity contribution in [1.82, 2.24) is 9.47 Å². The molecule has 0 atom stereocenters. The number of benzene rings is 2. The maximum atomic E-state index is 12.6. The van der Waals surface area contributed by atoms with Gasteiger partial charge in [-0.25, -0.2) is 0 Å². The van der Waals surface area contributed by atoms with Gasteiger partial charge in [0, 0.05) is 46.8 Å². The molecular weight excluding hydrogens is 426 g/mol. The van der Waals surface area contributed by atoms with Crippen molar-refractivity contribution >= 4 is 40.2 Å². The first-order valence-electron chi connectivity index (χ1n) is 10.6. The number of nitrogens with one attached hydrogen (secondary N) is 1. The Bertz CT molecular complexity index is 1120. The van der Waals surface area contributed by atoms with Crippen LogP contribution in [0.3, 0.4) is 0 Å². The van der Waals surface area contributed by atoms with Crippen LogP contribution in [-0.4, -0.2) is 54.3 Å². The number of fused-ring (bicyclic) bond motifs is 1. The molecule has 0 saturated carbocycles. The summed E-state index contributed by atoms with van der Waals surface area (Å²) in [6, 6.07) is 13.3. The molecule has 8 heteroatoms. The zero-order valence-corrected chi connectivity index (χ0v) is 19.1. The summed E-state index contributed by atoms with van der Waals surface area (Å²) < 4.78 is 12.5. The third-order valence-electron chi connectivity index (χ3n) is 5.54. The van der Waals surface area contributed by atoms with Crippen molar-refractivity contribution in [2.75, 3.05) is 38.4 Å². The van der Waals surface area contributed by atoms with Crippen molar-refractivity contribution in [1.29, 1.82) is 0 Å². The number of likely N-dealkylation sites (tertiary alicyclic amines) is 1. The van der Waals surface area contributed by atoms with Crippen molar-refractivity contribution in [3.05, 3.63) is 48.7 Å². The van der Waals surface area contributed by atoms with Gasteiger partial charge in [0.15, 0.2) is 11.5 Å². The average molecular weight is 454 g/mol. The van der Waals surface area contributed by atoms with Gasteiger partial charge < -0.3 is 24.3 Å². The second-order valence-corrected chi connectivity index (χ2v) is 8.65. The highest BCUT2D eigenvalue weighted by atomic mass is 32.2. The number of hydrogen-bond acceptors (Lipinski definition) is 5. The number of methoxy groups -OCH3 is 2. The van der Waals surface area contributed by atoms with E-state index in [4.69, 9.17) is 9.47 Å². The van der Waals surface area contributed by atoms with Gasteiger partial charge in [-0.05, 0) is 31.0 Å². The number of hydrogen-bond donors (Lipinski definition) is 1. The molecular formula is C24H27N3O4S. The van der Waals surface area contributed by atoms with Gasteiger partial charge in [0.25, 0.3) is 0 Å². The molecule has 2 amide bonds. The van der Waals surface area contributed by atoms with Gasteiger partial charge in [0.1, 0.15) is 6.54 Å². The summed E-state index contributed by atoms with van der Waals surface area (Å²) in [6.07, 6.45) is 4.13. The van der Waals surface area contributed by atoms with Crippen LogP contribution < -0.4 is 14.8 Å². The second-order valence-electron chi connectivity index (χ2n) is 7.63.